The third kappa shape index (κ3) is 3.05. The molecule has 0 saturated heterocycles. The fraction of sp³-hybridized carbons (Fsp3) is 0.304. The molecule has 0 radical (unpaired) electrons. The molecule has 1 fully saturated rings. The van der Waals surface area contributed by atoms with Crippen molar-refractivity contribution in [1.29, 1.82) is 0 Å². The monoisotopic (exact) mass is 361 g/mol. The molecule has 138 valence electrons. The highest BCUT2D eigenvalue weighted by molar-refractivity contribution is 5.91. The standard InChI is InChI=1S/C23H23NO3/c1-4-27-23(26)20-13-19(17-9-10-17)21-15(3)18(11-12-24(21)22(20)25)16-7-5-14(2)6-8-16/h5-8,11-13,17H,4,9-10H2,1-3H3. The lowest BCUT2D eigenvalue weighted by Gasteiger charge is -2.16. The minimum Gasteiger partial charge on any atom is -0.462 e. The molecule has 4 heteroatoms. The van der Waals surface area contributed by atoms with E-state index in [9.17, 15) is 9.59 Å². The van der Waals surface area contributed by atoms with E-state index in [0.29, 0.717) is 5.92 Å². The Morgan fingerprint density at radius 1 is 1.15 bits per heavy atom. The third-order valence-corrected chi connectivity index (χ3v) is 5.29. The van der Waals surface area contributed by atoms with E-state index >= 15 is 0 Å². The number of nitrogens with zero attached hydrogens (tertiary/aromatic N) is 1. The Kier molecular flexibility index (Phi) is 4.34. The van der Waals surface area contributed by atoms with Crippen LogP contribution in [0.25, 0.3) is 16.6 Å². The molecule has 0 bridgehead atoms. The molecule has 2 heterocycles. The highest BCUT2D eigenvalue weighted by Gasteiger charge is 2.29. The second-order valence-electron chi connectivity index (χ2n) is 7.25. The highest BCUT2D eigenvalue weighted by Crippen LogP contribution is 2.43. The summed E-state index contributed by atoms with van der Waals surface area (Å²) in [6.07, 6.45) is 3.96. The van der Waals surface area contributed by atoms with Gasteiger partial charge in [-0.2, -0.15) is 0 Å². The number of carbonyl (C=O) groups excluding carboxylic acids is 1. The lowest BCUT2D eigenvalue weighted by Crippen LogP contribution is -2.25. The van der Waals surface area contributed by atoms with Gasteiger partial charge in [0.1, 0.15) is 5.56 Å². The van der Waals surface area contributed by atoms with Crippen LogP contribution < -0.4 is 5.56 Å². The number of hydrogen-bond acceptors (Lipinski definition) is 3. The molecule has 1 saturated carbocycles. The van der Waals surface area contributed by atoms with Crippen molar-refractivity contribution < 1.29 is 9.53 Å². The van der Waals surface area contributed by atoms with Crippen molar-refractivity contribution >= 4 is 11.5 Å². The molecule has 4 nitrogen and oxygen atoms in total. The number of carbonyl (C=O) groups is 1. The van der Waals surface area contributed by atoms with Crippen molar-refractivity contribution in [3.8, 4) is 11.1 Å². The number of rotatable bonds is 4. The summed E-state index contributed by atoms with van der Waals surface area (Å²) in [7, 11) is 0. The van der Waals surface area contributed by atoms with Gasteiger partial charge in [-0.05, 0) is 73.9 Å². The number of benzene rings is 1. The number of aryl methyl sites for hydroxylation is 2. The maximum atomic E-state index is 12.9. The molecular weight excluding hydrogens is 338 g/mol. The summed E-state index contributed by atoms with van der Waals surface area (Å²) < 4.78 is 6.71. The van der Waals surface area contributed by atoms with Gasteiger partial charge >= 0.3 is 5.97 Å². The fourth-order valence-corrected chi connectivity index (χ4v) is 3.70. The van der Waals surface area contributed by atoms with Crippen molar-refractivity contribution in [3.63, 3.8) is 0 Å². The van der Waals surface area contributed by atoms with Crippen molar-refractivity contribution in [3.05, 3.63) is 75.2 Å². The summed E-state index contributed by atoms with van der Waals surface area (Å²) >= 11 is 0. The average Bonchev–Trinajstić information content (AvgIpc) is 3.49. The van der Waals surface area contributed by atoms with E-state index in [2.05, 4.69) is 38.1 Å². The van der Waals surface area contributed by atoms with Crippen molar-refractivity contribution in [1.82, 2.24) is 4.40 Å². The minimum absolute atomic E-state index is 0.124. The van der Waals surface area contributed by atoms with E-state index in [1.165, 1.54) is 5.56 Å². The van der Waals surface area contributed by atoms with Gasteiger partial charge in [0.05, 0.1) is 12.1 Å². The molecule has 3 aromatic rings. The van der Waals surface area contributed by atoms with Crippen LogP contribution in [0.2, 0.25) is 0 Å². The zero-order valence-corrected chi connectivity index (χ0v) is 15.9. The predicted molar refractivity (Wildman–Crippen MR) is 107 cm³/mol. The number of fused-ring (bicyclic) bond motifs is 1. The van der Waals surface area contributed by atoms with Gasteiger partial charge in [0.15, 0.2) is 0 Å². The molecule has 4 rings (SSSR count). The molecule has 0 unspecified atom stereocenters. The summed E-state index contributed by atoms with van der Waals surface area (Å²) in [6, 6.07) is 12.1. The Labute approximate surface area is 158 Å². The number of aromatic nitrogens is 1. The Morgan fingerprint density at radius 3 is 2.48 bits per heavy atom. The number of pyridine rings is 2. The van der Waals surface area contributed by atoms with E-state index in [4.69, 9.17) is 4.74 Å². The highest BCUT2D eigenvalue weighted by atomic mass is 16.5. The first-order valence-electron chi connectivity index (χ1n) is 9.44. The molecule has 0 N–H and O–H groups in total. The van der Waals surface area contributed by atoms with Gasteiger partial charge < -0.3 is 4.74 Å². The molecule has 1 aromatic carbocycles. The lowest BCUT2D eigenvalue weighted by atomic mass is 9.96. The lowest BCUT2D eigenvalue weighted by molar-refractivity contribution is 0.0524. The minimum atomic E-state index is -0.543. The summed E-state index contributed by atoms with van der Waals surface area (Å²) in [5, 5.41) is 0. The first-order valence-corrected chi connectivity index (χ1v) is 9.44. The van der Waals surface area contributed by atoms with Crippen LogP contribution in [0.5, 0.6) is 0 Å². The van der Waals surface area contributed by atoms with E-state index in [1.807, 2.05) is 6.07 Å². The van der Waals surface area contributed by atoms with Crippen LogP contribution in [0, 0.1) is 13.8 Å². The smallest absolute Gasteiger partial charge is 0.343 e. The molecule has 0 atom stereocenters. The second-order valence-corrected chi connectivity index (χ2v) is 7.25. The van der Waals surface area contributed by atoms with Crippen LogP contribution in [0.4, 0.5) is 0 Å². The van der Waals surface area contributed by atoms with Gasteiger partial charge in [0.25, 0.3) is 5.56 Å². The van der Waals surface area contributed by atoms with Gasteiger partial charge in [-0.25, -0.2) is 4.79 Å². The van der Waals surface area contributed by atoms with Crippen LogP contribution in [-0.2, 0) is 4.74 Å². The second kappa shape index (κ2) is 6.69. The van der Waals surface area contributed by atoms with Crippen molar-refractivity contribution in [2.45, 2.75) is 39.5 Å². The molecule has 2 aromatic heterocycles. The maximum absolute atomic E-state index is 12.9. The van der Waals surface area contributed by atoms with Crippen LogP contribution in [0.15, 0.2) is 47.4 Å². The largest absolute Gasteiger partial charge is 0.462 e. The van der Waals surface area contributed by atoms with Gasteiger partial charge in [-0.1, -0.05) is 29.8 Å². The van der Waals surface area contributed by atoms with E-state index < -0.39 is 5.97 Å². The van der Waals surface area contributed by atoms with Gasteiger partial charge in [-0.15, -0.1) is 0 Å². The molecule has 1 aliphatic rings. The van der Waals surface area contributed by atoms with Crippen LogP contribution in [-0.4, -0.2) is 17.0 Å². The predicted octanol–water partition coefficient (Wildman–Crippen LogP) is 4.64. The zero-order chi connectivity index (χ0) is 19.1. The van der Waals surface area contributed by atoms with Gasteiger partial charge in [0, 0.05) is 6.20 Å². The Hall–Kier alpha value is -2.88. The number of hydrogen-bond donors (Lipinski definition) is 0. The van der Waals surface area contributed by atoms with E-state index in [1.54, 1.807) is 23.6 Å². The molecule has 1 aliphatic carbocycles. The number of ether oxygens (including phenoxy) is 1. The summed E-state index contributed by atoms with van der Waals surface area (Å²) in [4.78, 5) is 25.2. The number of esters is 1. The fourth-order valence-electron chi connectivity index (χ4n) is 3.70. The van der Waals surface area contributed by atoms with Crippen molar-refractivity contribution in [2.24, 2.45) is 0 Å². The zero-order valence-electron chi connectivity index (χ0n) is 15.9. The first kappa shape index (κ1) is 17.5. The Morgan fingerprint density at radius 2 is 1.85 bits per heavy atom. The topological polar surface area (TPSA) is 47.8 Å². The Bertz CT molecular complexity index is 1090. The van der Waals surface area contributed by atoms with Crippen LogP contribution in [0.3, 0.4) is 0 Å². The SMILES string of the molecule is CCOC(=O)c1cc(C2CC2)c2c(C)c(-c3ccc(C)cc3)ccn2c1=O. The third-order valence-electron chi connectivity index (χ3n) is 5.29. The first-order chi connectivity index (χ1) is 13.0. The molecular formula is C23H23NO3. The maximum Gasteiger partial charge on any atom is 0.343 e. The summed E-state index contributed by atoms with van der Waals surface area (Å²) in [5.41, 5.74) is 6.33. The van der Waals surface area contributed by atoms with E-state index in [0.717, 1.165) is 40.6 Å². The summed E-state index contributed by atoms with van der Waals surface area (Å²) in [6.45, 7) is 6.13. The molecule has 0 aliphatic heterocycles. The average molecular weight is 361 g/mol. The van der Waals surface area contributed by atoms with Gasteiger partial charge in [-0.3, -0.25) is 9.20 Å². The Balaban J connectivity index is 1.98. The van der Waals surface area contributed by atoms with Crippen LogP contribution in [0.1, 0.15) is 52.7 Å². The normalized spacial score (nSPS) is 13.7. The van der Waals surface area contributed by atoms with Crippen molar-refractivity contribution in [2.75, 3.05) is 6.61 Å². The van der Waals surface area contributed by atoms with Crippen LogP contribution >= 0.6 is 0 Å². The van der Waals surface area contributed by atoms with Gasteiger partial charge in [0.2, 0.25) is 0 Å². The quantitative estimate of drug-likeness (QED) is 0.636. The molecule has 0 amide bonds. The molecule has 0 spiro atoms. The molecule has 27 heavy (non-hydrogen) atoms. The van der Waals surface area contributed by atoms with E-state index in [-0.39, 0.29) is 17.7 Å². The summed E-state index contributed by atoms with van der Waals surface area (Å²) in [5.74, 6) is -0.139.